The van der Waals surface area contributed by atoms with E-state index in [2.05, 4.69) is 52.1 Å². The zero-order valence-electron chi connectivity index (χ0n) is 13.1. The highest BCUT2D eigenvalue weighted by Crippen LogP contribution is 2.38. The third-order valence-electron chi connectivity index (χ3n) is 3.12. The molecule has 0 atom stereocenters. The molecule has 1 aromatic carbocycles. The number of rotatable bonds is 3. The Balaban J connectivity index is 3.21. The summed E-state index contributed by atoms with van der Waals surface area (Å²) in [5.41, 5.74) is 2.99. The highest BCUT2D eigenvalue weighted by atomic mass is 31.2. The molecule has 0 radical (unpaired) electrons. The van der Waals surface area contributed by atoms with Crippen LogP contribution >= 0.6 is 7.82 Å². The molecule has 0 bridgehead atoms. The Hall–Kier alpha value is -0.670. The maximum atomic E-state index is 10.8. The molecule has 4 nitrogen and oxygen atoms in total. The lowest BCUT2D eigenvalue weighted by Gasteiger charge is -2.26. The Morgan fingerprint density at radius 2 is 1.35 bits per heavy atom. The van der Waals surface area contributed by atoms with Gasteiger partial charge in [-0.25, -0.2) is 4.57 Å². The normalized spacial score (nSPS) is 13.6. The first kappa shape index (κ1) is 17.4. The zero-order valence-corrected chi connectivity index (χ0v) is 14.0. The van der Waals surface area contributed by atoms with Crippen molar-refractivity contribution in [2.24, 2.45) is 0 Å². The molecular weight excluding hydrogens is 275 g/mol. The Bertz CT molecular complexity index is 485. The molecule has 114 valence electrons. The fraction of sp³-hybridized carbons (Fsp3) is 0.600. The van der Waals surface area contributed by atoms with Crippen LogP contribution in [0.3, 0.4) is 0 Å². The van der Waals surface area contributed by atoms with Crippen LogP contribution in [0.2, 0.25) is 0 Å². The molecule has 0 spiro atoms. The van der Waals surface area contributed by atoms with Crippen molar-refractivity contribution >= 4 is 7.82 Å². The summed E-state index contributed by atoms with van der Waals surface area (Å²) in [5, 5.41) is 0. The highest BCUT2D eigenvalue weighted by molar-refractivity contribution is 7.46. The van der Waals surface area contributed by atoms with Gasteiger partial charge in [-0.05, 0) is 27.5 Å². The first-order chi connectivity index (χ1) is 8.79. The van der Waals surface area contributed by atoms with Crippen molar-refractivity contribution in [3.63, 3.8) is 0 Å². The molecule has 1 rings (SSSR count). The second-order valence-corrected chi connectivity index (χ2v) is 8.42. The molecule has 0 saturated heterocycles. The van der Waals surface area contributed by atoms with Crippen LogP contribution in [-0.2, 0) is 26.5 Å². The van der Waals surface area contributed by atoms with Crippen LogP contribution in [-0.4, -0.2) is 9.79 Å². The van der Waals surface area contributed by atoms with E-state index in [1.165, 1.54) is 0 Å². The summed E-state index contributed by atoms with van der Waals surface area (Å²) in [4.78, 5) is 17.7. The number of phosphoric ester groups is 1. The topological polar surface area (TPSA) is 66.8 Å². The average molecular weight is 300 g/mol. The van der Waals surface area contributed by atoms with E-state index in [1.54, 1.807) is 0 Å². The van der Waals surface area contributed by atoms with E-state index in [4.69, 9.17) is 9.79 Å². The molecule has 2 N–H and O–H groups in total. The van der Waals surface area contributed by atoms with Crippen molar-refractivity contribution in [1.29, 1.82) is 0 Å². The van der Waals surface area contributed by atoms with Gasteiger partial charge < -0.3 is 9.79 Å². The van der Waals surface area contributed by atoms with Gasteiger partial charge in [0, 0.05) is 0 Å². The number of benzene rings is 1. The van der Waals surface area contributed by atoms with Crippen LogP contribution in [0.25, 0.3) is 0 Å². The lowest BCUT2D eigenvalue weighted by molar-refractivity contribution is 0.189. The lowest BCUT2D eigenvalue weighted by atomic mass is 9.79. The summed E-state index contributed by atoms with van der Waals surface area (Å²) in [6, 6.07) is 6.05. The molecule has 0 aromatic heterocycles. The van der Waals surface area contributed by atoms with E-state index in [0.29, 0.717) is 0 Å². The van der Waals surface area contributed by atoms with Gasteiger partial charge in [-0.1, -0.05) is 59.7 Å². The van der Waals surface area contributed by atoms with Crippen LogP contribution in [0.15, 0.2) is 18.2 Å². The first-order valence-electron chi connectivity index (χ1n) is 6.64. The molecule has 0 unspecified atom stereocenters. The summed E-state index contributed by atoms with van der Waals surface area (Å²) in [6.07, 6.45) is 0. The van der Waals surface area contributed by atoms with Gasteiger partial charge in [0.15, 0.2) is 0 Å². The van der Waals surface area contributed by atoms with E-state index in [0.717, 1.165) is 16.7 Å². The zero-order chi connectivity index (χ0) is 15.8. The summed E-state index contributed by atoms with van der Waals surface area (Å²) in [6.45, 7) is 12.6. The highest BCUT2D eigenvalue weighted by Gasteiger charge is 2.21. The van der Waals surface area contributed by atoms with Crippen molar-refractivity contribution in [1.82, 2.24) is 0 Å². The number of hydrogen-bond donors (Lipinski definition) is 2. The fourth-order valence-electron chi connectivity index (χ4n) is 1.80. The molecule has 0 heterocycles. The van der Waals surface area contributed by atoms with Crippen molar-refractivity contribution < 1.29 is 18.9 Å². The molecule has 20 heavy (non-hydrogen) atoms. The second kappa shape index (κ2) is 5.61. The first-order valence-corrected chi connectivity index (χ1v) is 8.17. The second-order valence-electron chi connectivity index (χ2n) is 7.18. The molecule has 0 aliphatic carbocycles. The van der Waals surface area contributed by atoms with E-state index < -0.39 is 7.82 Å². The minimum atomic E-state index is -4.44. The molecule has 5 heteroatoms. The molecule has 1 aromatic rings. The van der Waals surface area contributed by atoms with Gasteiger partial charge in [-0.3, -0.25) is 4.52 Å². The Kier molecular flexibility index (Phi) is 4.87. The van der Waals surface area contributed by atoms with E-state index >= 15 is 0 Å². The lowest BCUT2D eigenvalue weighted by Crippen LogP contribution is -2.17. The Morgan fingerprint density at radius 1 is 0.950 bits per heavy atom. The number of phosphoric acid groups is 1. The van der Waals surface area contributed by atoms with Gasteiger partial charge in [-0.15, -0.1) is 0 Å². The van der Waals surface area contributed by atoms with Gasteiger partial charge in [0.25, 0.3) is 0 Å². The van der Waals surface area contributed by atoms with E-state index in [1.807, 2.05) is 12.1 Å². The summed E-state index contributed by atoms with van der Waals surface area (Å²) in [7, 11) is -4.44. The monoisotopic (exact) mass is 300 g/mol. The SMILES string of the molecule is CC(C)(C)c1cc(COP(=O)(O)O)cc(C(C)(C)C)c1. The van der Waals surface area contributed by atoms with Gasteiger partial charge in [0.05, 0.1) is 6.61 Å². The standard InChI is InChI=1S/C15H25O4P/c1-14(2,3)12-7-11(10-19-20(16,17)18)8-13(9-12)15(4,5)6/h7-9H,10H2,1-6H3,(H2,16,17,18). The molecule has 0 fully saturated rings. The van der Waals surface area contributed by atoms with E-state index in [9.17, 15) is 4.57 Å². The van der Waals surface area contributed by atoms with E-state index in [-0.39, 0.29) is 17.4 Å². The third-order valence-corrected chi connectivity index (χ3v) is 3.59. The molecule has 0 saturated carbocycles. The maximum absolute atomic E-state index is 10.8. The summed E-state index contributed by atoms with van der Waals surface area (Å²) in [5.74, 6) is 0. The molecular formula is C15H25O4P. The minimum absolute atomic E-state index is 0.0296. The maximum Gasteiger partial charge on any atom is 0.469 e. The van der Waals surface area contributed by atoms with Crippen molar-refractivity contribution in [3.8, 4) is 0 Å². The van der Waals surface area contributed by atoms with Crippen LogP contribution in [0, 0.1) is 0 Å². The van der Waals surface area contributed by atoms with Crippen LogP contribution in [0.5, 0.6) is 0 Å². The predicted molar refractivity (Wildman–Crippen MR) is 80.7 cm³/mol. The molecule has 0 aliphatic heterocycles. The van der Waals surface area contributed by atoms with Crippen molar-refractivity contribution in [2.75, 3.05) is 0 Å². The predicted octanol–water partition coefficient (Wildman–Crippen LogP) is 3.89. The van der Waals surface area contributed by atoms with Crippen molar-refractivity contribution in [2.45, 2.75) is 59.0 Å². The average Bonchev–Trinajstić information content (AvgIpc) is 2.22. The van der Waals surface area contributed by atoms with Gasteiger partial charge in [0.1, 0.15) is 0 Å². The summed E-state index contributed by atoms with van der Waals surface area (Å²) < 4.78 is 15.5. The van der Waals surface area contributed by atoms with Crippen LogP contribution < -0.4 is 0 Å². The van der Waals surface area contributed by atoms with Crippen LogP contribution in [0.1, 0.15) is 58.2 Å². The largest absolute Gasteiger partial charge is 0.469 e. The molecule has 0 amide bonds. The number of hydrogen-bond acceptors (Lipinski definition) is 2. The van der Waals surface area contributed by atoms with Gasteiger partial charge in [0.2, 0.25) is 0 Å². The van der Waals surface area contributed by atoms with Crippen LogP contribution in [0.4, 0.5) is 0 Å². The minimum Gasteiger partial charge on any atom is -0.303 e. The van der Waals surface area contributed by atoms with Gasteiger partial charge >= 0.3 is 7.82 Å². The molecule has 0 aliphatic rings. The summed E-state index contributed by atoms with van der Waals surface area (Å²) >= 11 is 0. The smallest absolute Gasteiger partial charge is 0.303 e. The quantitative estimate of drug-likeness (QED) is 0.831. The Labute approximate surface area is 121 Å². The Morgan fingerprint density at radius 3 is 1.65 bits per heavy atom. The fourth-order valence-corrected chi connectivity index (χ4v) is 2.12. The van der Waals surface area contributed by atoms with Gasteiger partial charge in [-0.2, -0.15) is 0 Å². The van der Waals surface area contributed by atoms with Crippen molar-refractivity contribution in [3.05, 3.63) is 34.9 Å². The third kappa shape index (κ3) is 5.37.